The minimum atomic E-state index is -0.515. The molecule has 0 heterocycles. The first kappa shape index (κ1) is 57.9. The third kappa shape index (κ3) is 8.02. The predicted octanol–water partition coefficient (Wildman–Crippen LogP) is 14.3. The van der Waals surface area contributed by atoms with Gasteiger partial charge in [-0.3, -0.25) is 28.8 Å². The van der Waals surface area contributed by atoms with Gasteiger partial charge in [0.15, 0.2) is 0 Å². The fraction of sp³-hybridized carbons (Fsp3) is 0.909. The molecule has 0 amide bonds. The van der Waals surface area contributed by atoms with Gasteiger partial charge in [-0.05, 0) is 194 Å². The molecule has 0 saturated heterocycles. The van der Waals surface area contributed by atoms with E-state index in [0.29, 0.717) is 48.1 Å². The van der Waals surface area contributed by atoms with Gasteiger partial charge in [-0.2, -0.15) is 0 Å². The molecular weight excluding hydrogens is 953 g/mol. The Balaban J connectivity index is 0.000000186. The molecule has 76 heavy (non-hydrogen) atoms. The summed E-state index contributed by atoms with van der Waals surface area (Å²) < 4.78 is 22.6. The van der Waals surface area contributed by atoms with Crippen LogP contribution in [0, 0.1) is 112 Å². The van der Waals surface area contributed by atoms with Crippen molar-refractivity contribution in [3.63, 3.8) is 0 Å². The molecule has 10 heteroatoms. The standard InChI is InChI=1S/2C33H52O5/c2*1-20(34)38-25-11-12-30(6)23(29(25,4)5)10-13-31(7)24(30)18-22(35)26-21-19-28(2,3)14-16-33(21,27(36)37-9)17-15-32(26,31)8/h2*21,23-26H,10-19H2,1-9H3/t2*21-,23-,24+,25-,26-,30-,31+,32+,33-/m00/s1. The van der Waals surface area contributed by atoms with E-state index in [2.05, 4.69) is 96.9 Å². The number of carbonyl (C=O) groups excluding carboxylic acids is 6. The van der Waals surface area contributed by atoms with Crippen LogP contribution in [0.1, 0.15) is 239 Å². The summed E-state index contributed by atoms with van der Waals surface area (Å²) in [6.45, 7) is 36.2. The Morgan fingerprint density at radius 3 is 1.05 bits per heavy atom. The third-order valence-corrected chi connectivity index (χ3v) is 27.7. The molecule has 0 bridgehead atoms. The molecule has 10 fully saturated rings. The first-order chi connectivity index (χ1) is 35.0. The first-order valence-corrected chi connectivity index (χ1v) is 30.5. The van der Waals surface area contributed by atoms with Crippen LogP contribution in [0.2, 0.25) is 0 Å². The molecule has 0 aromatic carbocycles. The van der Waals surface area contributed by atoms with Gasteiger partial charge in [0, 0.05) is 49.4 Å². The zero-order chi connectivity index (χ0) is 56.2. The number of esters is 4. The molecule has 0 aromatic heterocycles. The van der Waals surface area contributed by atoms with E-state index in [1.165, 1.54) is 28.1 Å². The van der Waals surface area contributed by atoms with Gasteiger partial charge in [0.05, 0.1) is 25.0 Å². The lowest BCUT2D eigenvalue weighted by Crippen LogP contribution is -2.70. The summed E-state index contributed by atoms with van der Waals surface area (Å²) in [5, 5.41) is 0. The van der Waals surface area contributed by atoms with Gasteiger partial charge in [0.1, 0.15) is 23.8 Å². The van der Waals surface area contributed by atoms with Crippen LogP contribution in [0.4, 0.5) is 0 Å². The molecule has 0 spiro atoms. The number of Topliss-reactive ketones (excluding diaryl/α,β-unsaturated/α-hetero) is 2. The number of carbonyl (C=O) groups is 6. The van der Waals surface area contributed by atoms with Crippen LogP contribution in [0.25, 0.3) is 0 Å². The van der Waals surface area contributed by atoms with Crippen molar-refractivity contribution >= 4 is 35.4 Å². The Bertz CT molecular complexity index is 2220. The highest BCUT2D eigenvalue weighted by Gasteiger charge is 2.76. The van der Waals surface area contributed by atoms with Gasteiger partial charge >= 0.3 is 23.9 Å². The molecule has 18 atom stereocenters. The third-order valence-electron chi connectivity index (χ3n) is 27.7. The lowest BCUT2D eigenvalue weighted by molar-refractivity contribution is -0.248. The van der Waals surface area contributed by atoms with Crippen molar-refractivity contribution < 1.29 is 47.7 Å². The number of ether oxygens (including phenoxy) is 4. The van der Waals surface area contributed by atoms with E-state index >= 15 is 0 Å². The van der Waals surface area contributed by atoms with Gasteiger partial charge in [0.25, 0.3) is 0 Å². The van der Waals surface area contributed by atoms with Crippen LogP contribution in [0.5, 0.6) is 0 Å². The first-order valence-electron chi connectivity index (χ1n) is 30.5. The summed E-state index contributed by atoms with van der Waals surface area (Å²) in [5.41, 5.74) is -1.17. The van der Waals surface area contributed by atoms with Gasteiger partial charge in [-0.1, -0.05) is 96.9 Å². The monoisotopic (exact) mass is 1060 g/mol. The number of rotatable bonds is 4. The highest BCUT2D eigenvalue weighted by atomic mass is 16.5. The molecule has 428 valence electrons. The highest BCUT2D eigenvalue weighted by molar-refractivity contribution is 5.88. The zero-order valence-electron chi connectivity index (χ0n) is 51.0. The quantitative estimate of drug-likeness (QED) is 0.197. The summed E-state index contributed by atoms with van der Waals surface area (Å²) in [7, 11) is 3.05. The molecule has 10 aliphatic rings. The molecule has 10 rings (SSSR count). The van der Waals surface area contributed by atoms with E-state index < -0.39 is 10.8 Å². The van der Waals surface area contributed by atoms with Crippen molar-refractivity contribution in [1.82, 2.24) is 0 Å². The average molecular weight is 1060 g/mol. The van der Waals surface area contributed by atoms with E-state index in [-0.39, 0.29) is 114 Å². The fourth-order valence-electron chi connectivity index (χ4n) is 23.3. The normalized spacial score (nSPS) is 49.0. The Hall–Kier alpha value is -2.78. The van der Waals surface area contributed by atoms with E-state index in [1.807, 2.05) is 0 Å². The second-order valence-corrected chi connectivity index (χ2v) is 32.4. The Morgan fingerprint density at radius 1 is 0.408 bits per heavy atom. The smallest absolute Gasteiger partial charge is 0.312 e. The summed E-state index contributed by atoms with van der Waals surface area (Å²) in [4.78, 5) is 79.7. The summed E-state index contributed by atoms with van der Waals surface area (Å²) in [6.07, 6.45) is 18.3. The molecular formula is C66H104O10. The van der Waals surface area contributed by atoms with Gasteiger partial charge in [-0.15, -0.1) is 0 Å². The fourth-order valence-corrected chi connectivity index (χ4v) is 23.3. The number of methoxy groups -OCH3 is 2. The lowest BCUT2D eigenvalue weighted by Gasteiger charge is -2.72. The van der Waals surface area contributed by atoms with Gasteiger partial charge in [0.2, 0.25) is 0 Å². The van der Waals surface area contributed by atoms with Crippen molar-refractivity contribution in [3.8, 4) is 0 Å². The van der Waals surface area contributed by atoms with Crippen molar-refractivity contribution in [2.24, 2.45) is 112 Å². The molecule has 10 aliphatic carbocycles. The zero-order valence-corrected chi connectivity index (χ0v) is 51.0. The number of hydrogen-bond acceptors (Lipinski definition) is 10. The SMILES string of the molecule is COC(=O)[C@]12CCC(C)(C)C[C@H]1[C@H]1C(=O)C[C@@H]3[C@@]4(C)CC[C@H](OC(C)=O)C(C)(C)[C@@H]4CC[C@@]3(C)[C@]1(C)CC2.COC(=O)[C@]12CCC(C)(C)C[C@H]1[C@H]1C(=O)C[C@@H]3[C@@]4(C)CC[C@H](OC(C)=O)C(C)(C)[C@@H]4CC[C@@]3(C)[C@]1(C)CC2. The maximum absolute atomic E-state index is 14.5. The molecule has 0 aromatic rings. The van der Waals surface area contributed by atoms with Crippen molar-refractivity contribution in [2.45, 2.75) is 251 Å². The maximum Gasteiger partial charge on any atom is 0.312 e. The van der Waals surface area contributed by atoms with E-state index in [1.54, 1.807) is 0 Å². The summed E-state index contributed by atoms with van der Waals surface area (Å²) in [5.74, 6) is 1.63. The molecule has 10 nitrogen and oxygen atoms in total. The summed E-state index contributed by atoms with van der Waals surface area (Å²) in [6, 6.07) is 0. The van der Waals surface area contributed by atoms with Crippen LogP contribution < -0.4 is 0 Å². The van der Waals surface area contributed by atoms with E-state index in [0.717, 1.165) is 116 Å². The lowest BCUT2D eigenvalue weighted by atomic mass is 9.31. The minimum Gasteiger partial charge on any atom is -0.469 e. The molecule has 0 unspecified atom stereocenters. The summed E-state index contributed by atoms with van der Waals surface area (Å²) >= 11 is 0. The number of fused-ring (bicyclic) bond motifs is 14. The second-order valence-electron chi connectivity index (χ2n) is 32.4. The van der Waals surface area contributed by atoms with Gasteiger partial charge in [-0.25, -0.2) is 0 Å². The van der Waals surface area contributed by atoms with E-state index in [9.17, 15) is 28.8 Å². The van der Waals surface area contributed by atoms with Crippen molar-refractivity contribution in [2.75, 3.05) is 14.2 Å². The molecule has 0 N–H and O–H groups in total. The molecule has 10 saturated carbocycles. The maximum atomic E-state index is 14.5. The second kappa shape index (κ2) is 18.4. The largest absolute Gasteiger partial charge is 0.469 e. The van der Waals surface area contributed by atoms with Crippen LogP contribution >= 0.6 is 0 Å². The predicted molar refractivity (Wildman–Crippen MR) is 294 cm³/mol. The Kier molecular flexibility index (Phi) is 14.0. The van der Waals surface area contributed by atoms with Gasteiger partial charge < -0.3 is 18.9 Å². The Morgan fingerprint density at radius 2 is 0.737 bits per heavy atom. The van der Waals surface area contributed by atoms with Crippen LogP contribution in [0.3, 0.4) is 0 Å². The molecule has 0 radical (unpaired) electrons. The van der Waals surface area contributed by atoms with Crippen molar-refractivity contribution in [3.05, 3.63) is 0 Å². The van der Waals surface area contributed by atoms with Crippen LogP contribution in [-0.4, -0.2) is 61.9 Å². The average Bonchev–Trinajstić information content (AvgIpc) is 3.31. The highest BCUT2D eigenvalue weighted by Crippen LogP contribution is 2.79. The Labute approximate surface area is 459 Å². The topological polar surface area (TPSA) is 139 Å². The van der Waals surface area contributed by atoms with Crippen molar-refractivity contribution in [1.29, 1.82) is 0 Å². The van der Waals surface area contributed by atoms with Crippen LogP contribution in [0.15, 0.2) is 0 Å². The van der Waals surface area contributed by atoms with E-state index in [4.69, 9.17) is 18.9 Å². The van der Waals surface area contributed by atoms with Crippen LogP contribution in [-0.2, 0) is 47.7 Å². The number of hydrogen-bond donors (Lipinski definition) is 0. The minimum absolute atomic E-state index is 0.0273. The molecule has 0 aliphatic heterocycles. The number of ketones is 2.